The smallest absolute Gasteiger partial charge is 0.0113 e. The van der Waals surface area contributed by atoms with Crippen molar-refractivity contribution < 1.29 is 0 Å². The molecule has 0 aromatic heterocycles. The zero-order valence-electron chi connectivity index (χ0n) is 8.99. The van der Waals surface area contributed by atoms with Gasteiger partial charge >= 0.3 is 0 Å². The highest BCUT2D eigenvalue weighted by Crippen LogP contribution is 2.38. The second kappa shape index (κ2) is 3.49. The van der Waals surface area contributed by atoms with Crippen LogP contribution in [0.5, 0.6) is 0 Å². The van der Waals surface area contributed by atoms with Crippen molar-refractivity contribution in [1.29, 1.82) is 0 Å². The number of hydrogen-bond acceptors (Lipinski definition) is 2. The Balaban J connectivity index is 1.68. The summed E-state index contributed by atoms with van der Waals surface area (Å²) < 4.78 is 0. The number of nitrogens with zero attached hydrogens (tertiary/aromatic N) is 1. The Kier molecular flexibility index (Phi) is 2.29. The highest BCUT2D eigenvalue weighted by molar-refractivity contribution is 4.95. The molecule has 0 spiro atoms. The van der Waals surface area contributed by atoms with Crippen LogP contribution < -0.4 is 5.73 Å². The van der Waals surface area contributed by atoms with E-state index in [0.29, 0.717) is 6.04 Å². The lowest BCUT2D eigenvalue weighted by atomic mass is 9.82. The predicted octanol–water partition coefficient (Wildman–Crippen LogP) is 1.74. The van der Waals surface area contributed by atoms with Crippen molar-refractivity contribution in [1.82, 2.24) is 4.90 Å². The molecule has 1 aliphatic carbocycles. The van der Waals surface area contributed by atoms with Gasteiger partial charge in [-0.15, -0.1) is 0 Å². The molecule has 2 aliphatic heterocycles. The summed E-state index contributed by atoms with van der Waals surface area (Å²) in [5.41, 5.74) is 6.11. The number of nitrogens with two attached hydrogens (primary N) is 1. The molecule has 3 rings (SSSR count). The van der Waals surface area contributed by atoms with Crippen LogP contribution in [-0.4, -0.2) is 29.6 Å². The van der Waals surface area contributed by atoms with Crippen LogP contribution >= 0.6 is 0 Å². The Labute approximate surface area is 86.8 Å². The highest BCUT2D eigenvalue weighted by Gasteiger charge is 2.39. The molecule has 2 heteroatoms. The molecule has 80 valence electrons. The standard InChI is InChI=1S/C12H22N2/c13-10-6-11-2-1-3-12(7-10)14(11)8-9-4-5-9/h9-12H,1-8,13H2/t11-,12-/m0/s1. The van der Waals surface area contributed by atoms with Crippen molar-refractivity contribution in [2.45, 2.75) is 63.1 Å². The van der Waals surface area contributed by atoms with Gasteiger partial charge in [-0.25, -0.2) is 0 Å². The van der Waals surface area contributed by atoms with E-state index in [-0.39, 0.29) is 0 Å². The lowest BCUT2D eigenvalue weighted by Crippen LogP contribution is -2.55. The predicted molar refractivity (Wildman–Crippen MR) is 58.1 cm³/mol. The van der Waals surface area contributed by atoms with Crippen molar-refractivity contribution in [3.8, 4) is 0 Å². The van der Waals surface area contributed by atoms with Gasteiger partial charge in [0.15, 0.2) is 0 Å². The first-order chi connectivity index (χ1) is 6.83. The van der Waals surface area contributed by atoms with Crippen molar-refractivity contribution in [2.75, 3.05) is 6.54 Å². The maximum absolute atomic E-state index is 6.11. The van der Waals surface area contributed by atoms with E-state index in [0.717, 1.165) is 18.0 Å². The van der Waals surface area contributed by atoms with E-state index >= 15 is 0 Å². The Morgan fingerprint density at radius 2 is 1.64 bits per heavy atom. The van der Waals surface area contributed by atoms with Crippen molar-refractivity contribution in [3.05, 3.63) is 0 Å². The molecule has 2 N–H and O–H groups in total. The minimum absolute atomic E-state index is 0.501. The molecular formula is C12H22N2. The molecule has 0 unspecified atom stereocenters. The highest BCUT2D eigenvalue weighted by atomic mass is 15.2. The van der Waals surface area contributed by atoms with Crippen molar-refractivity contribution in [2.24, 2.45) is 11.7 Å². The zero-order valence-corrected chi connectivity index (χ0v) is 8.99. The summed E-state index contributed by atoms with van der Waals surface area (Å²) >= 11 is 0. The molecule has 2 bridgehead atoms. The third kappa shape index (κ3) is 1.70. The van der Waals surface area contributed by atoms with Crippen LogP contribution in [0.3, 0.4) is 0 Å². The summed E-state index contributed by atoms with van der Waals surface area (Å²) in [6, 6.07) is 2.19. The van der Waals surface area contributed by atoms with Crippen molar-refractivity contribution in [3.63, 3.8) is 0 Å². The Hall–Kier alpha value is -0.0800. The van der Waals surface area contributed by atoms with E-state index in [2.05, 4.69) is 4.90 Å². The van der Waals surface area contributed by atoms with Crippen molar-refractivity contribution >= 4 is 0 Å². The van der Waals surface area contributed by atoms with Crippen LogP contribution in [0, 0.1) is 5.92 Å². The summed E-state index contributed by atoms with van der Waals surface area (Å²) in [5.74, 6) is 1.05. The molecule has 14 heavy (non-hydrogen) atoms. The largest absolute Gasteiger partial charge is 0.328 e. The maximum atomic E-state index is 6.11. The van der Waals surface area contributed by atoms with Gasteiger partial charge in [0.2, 0.25) is 0 Å². The number of rotatable bonds is 2. The molecule has 2 heterocycles. The number of fused-ring (bicyclic) bond motifs is 2. The molecule has 2 saturated heterocycles. The van der Waals surface area contributed by atoms with E-state index in [1.165, 1.54) is 51.5 Å². The summed E-state index contributed by atoms with van der Waals surface area (Å²) in [6.45, 7) is 1.39. The van der Waals surface area contributed by atoms with Crippen LogP contribution in [0.15, 0.2) is 0 Å². The third-order valence-corrected chi connectivity index (χ3v) is 4.33. The fourth-order valence-electron chi connectivity index (χ4n) is 3.42. The molecule has 3 aliphatic rings. The first-order valence-electron chi connectivity index (χ1n) is 6.34. The Morgan fingerprint density at radius 1 is 1.00 bits per heavy atom. The first kappa shape index (κ1) is 9.17. The number of hydrogen-bond donors (Lipinski definition) is 1. The van der Waals surface area contributed by atoms with Crippen LogP contribution in [0.1, 0.15) is 44.9 Å². The van der Waals surface area contributed by atoms with Crippen LogP contribution in [0.2, 0.25) is 0 Å². The third-order valence-electron chi connectivity index (χ3n) is 4.33. The monoisotopic (exact) mass is 194 g/mol. The van der Waals surface area contributed by atoms with Gasteiger partial charge in [0, 0.05) is 24.7 Å². The lowest BCUT2D eigenvalue weighted by molar-refractivity contribution is 0.0277. The van der Waals surface area contributed by atoms with E-state index in [4.69, 9.17) is 5.73 Å². The molecule has 1 saturated carbocycles. The Morgan fingerprint density at radius 3 is 2.21 bits per heavy atom. The molecule has 0 radical (unpaired) electrons. The van der Waals surface area contributed by atoms with Gasteiger partial charge in [0.25, 0.3) is 0 Å². The minimum atomic E-state index is 0.501. The van der Waals surface area contributed by atoms with E-state index in [1.807, 2.05) is 0 Å². The topological polar surface area (TPSA) is 29.3 Å². The van der Waals surface area contributed by atoms with E-state index in [9.17, 15) is 0 Å². The van der Waals surface area contributed by atoms with Gasteiger partial charge in [0.05, 0.1) is 0 Å². The summed E-state index contributed by atoms with van der Waals surface area (Å²) in [6.07, 6.45) is 9.79. The molecule has 0 aromatic rings. The fraction of sp³-hybridized carbons (Fsp3) is 1.00. The molecule has 2 nitrogen and oxygen atoms in total. The molecule has 0 amide bonds. The second-order valence-electron chi connectivity index (χ2n) is 5.61. The zero-order chi connectivity index (χ0) is 9.54. The van der Waals surface area contributed by atoms with Gasteiger partial charge in [-0.2, -0.15) is 0 Å². The molecule has 2 atom stereocenters. The van der Waals surface area contributed by atoms with Gasteiger partial charge in [-0.3, -0.25) is 4.90 Å². The van der Waals surface area contributed by atoms with Gasteiger partial charge in [-0.1, -0.05) is 6.42 Å². The fourth-order valence-corrected chi connectivity index (χ4v) is 3.42. The number of piperidine rings is 2. The average molecular weight is 194 g/mol. The molecule has 0 aromatic carbocycles. The molecule has 3 fully saturated rings. The van der Waals surface area contributed by atoms with Crippen LogP contribution in [0.4, 0.5) is 0 Å². The van der Waals surface area contributed by atoms with E-state index < -0.39 is 0 Å². The van der Waals surface area contributed by atoms with Gasteiger partial charge in [-0.05, 0) is 44.4 Å². The summed E-state index contributed by atoms with van der Waals surface area (Å²) in [7, 11) is 0. The summed E-state index contributed by atoms with van der Waals surface area (Å²) in [4.78, 5) is 2.81. The Bertz CT molecular complexity index is 198. The van der Waals surface area contributed by atoms with Crippen LogP contribution in [0.25, 0.3) is 0 Å². The first-order valence-corrected chi connectivity index (χ1v) is 6.34. The maximum Gasteiger partial charge on any atom is 0.0113 e. The van der Waals surface area contributed by atoms with Gasteiger partial charge < -0.3 is 5.73 Å². The summed E-state index contributed by atoms with van der Waals surface area (Å²) in [5, 5.41) is 0. The van der Waals surface area contributed by atoms with Crippen LogP contribution in [-0.2, 0) is 0 Å². The second-order valence-corrected chi connectivity index (χ2v) is 5.61. The van der Waals surface area contributed by atoms with Gasteiger partial charge in [0.1, 0.15) is 0 Å². The minimum Gasteiger partial charge on any atom is -0.328 e. The average Bonchev–Trinajstić information content (AvgIpc) is 2.90. The quantitative estimate of drug-likeness (QED) is 0.725. The SMILES string of the molecule is NC1C[C@@H]2CCC[C@@H](C1)N2CC1CC1. The molecular weight excluding hydrogens is 172 g/mol. The lowest BCUT2D eigenvalue weighted by Gasteiger charge is -2.48. The van der Waals surface area contributed by atoms with E-state index in [1.54, 1.807) is 0 Å². The normalized spacial score (nSPS) is 43.9.